The number of rotatable bonds is 6. The number of halogens is 3. The summed E-state index contributed by atoms with van der Waals surface area (Å²) in [6.45, 7) is 0. The molecule has 0 bridgehead atoms. The minimum atomic E-state index is -1.09. The lowest BCUT2D eigenvalue weighted by molar-refractivity contribution is -0.116. The molecule has 0 radical (unpaired) electrons. The van der Waals surface area contributed by atoms with Gasteiger partial charge < -0.3 is 10.4 Å². The van der Waals surface area contributed by atoms with Crippen LogP contribution in [0.4, 0.5) is 5.00 Å². The lowest BCUT2D eigenvalue weighted by atomic mass is 10.0. The van der Waals surface area contributed by atoms with E-state index in [0.717, 1.165) is 10.0 Å². The number of carboxylic acid groups (broad SMARTS) is 1. The molecule has 8 heteroatoms. The Morgan fingerprint density at radius 3 is 2.32 bits per heavy atom. The van der Waals surface area contributed by atoms with Crippen molar-refractivity contribution in [3.05, 3.63) is 73.5 Å². The van der Waals surface area contributed by atoms with E-state index in [4.69, 9.17) is 23.2 Å². The molecule has 0 aliphatic carbocycles. The van der Waals surface area contributed by atoms with Gasteiger partial charge in [0.25, 0.3) is 0 Å². The lowest BCUT2D eigenvalue weighted by Gasteiger charge is -2.08. The Kier molecular flexibility index (Phi) is 6.78. The number of amides is 1. The Bertz CT molecular complexity index is 1010. The molecule has 1 amide bonds. The number of carbonyl (C=O) groups excluding carboxylic acids is 1. The van der Waals surface area contributed by atoms with Gasteiger partial charge in [0, 0.05) is 31.9 Å². The minimum Gasteiger partial charge on any atom is -0.478 e. The van der Waals surface area contributed by atoms with Crippen molar-refractivity contribution in [1.29, 1.82) is 0 Å². The van der Waals surface area contributed by atoms with Gasteiger partial charge in [0.1, 0.15) is 10.6 Å². The highest BCUT2D eigenvalue weighted by Gasteiger charge is 2.21. The Morgan fingerprint density at radius 1 is 1.07 bits per heavy atom. The summed E-state index contributed by atoms with van der Waals surface area (Å²) in [7, 11) is 0. The standard InChI is InChI=1S/C20H14BrCl2NO3S/c21-12-6-4-11(5-7-12)14-10-28-19(18(14)20(26)27)24-17(25)9-8-13-15(22)2-1-3-16(13)23/h1-7,10H,8-9H2,(H,24,25)(H,26,27). The van der Waals surface area contributed by atoms with E-state index in [2.05, 4.69) is 21.2 Å². The SMILES string of the molecule is O=C(CCc1c(Cl)cccc1Cl)Nc1scc(-c2ccc(Br)cc2)c1C(=O)O. The molecule has 0 atom stereocenters. The monoisotopic (exact) mass is 497 g/mol. The van der Waals surface area contributed by atoms with Crippen LogP contribution in [-0.2, 0) is 11.2 Å². The highest BCUT2D eigenvalue weighted by Crippen LogP contribution is 2.36. The maximum absolute atomic E-state index is 12.4. The second-order valence-electron chi connectivity index (χ2n) is 5.91. The largest absolute Gasteiger partial charge is 0.478 e. The fourth-order valence-corrected chi connectivity index (χ4v) is 4.53. The summed E-state index contributed by atoms with van der Waals surface area (Å²) in [5.41, 5.74) is 2.10. The van der Waals surface area contributed by atoms with Gasteiger partial charge in [0.15, 0.2) is 0 Å². The maximum atomic E-state index is 12.4. The number of carbonyl (C=O) groups is 2. The Hall–Kier alpha value is -1.86. The third-order valence-corrected chi connectivity index (χ3v) is 6.21. The molecular formula is C20H14BrCl2NO3S. The fourth-order valence-electron chi connectivity index (χ4n) is 2.70. The molecule has 4 nitrogen and oxygen atoms in total. The van der Waals surface area contributed by atoms with Crippen LogP contribution in [0, 0.1) is 0 Å². The quantitative estimate of drug-likeness (QED) is 0.394. The number of nitrogens with one attached hydrogen (secondary N) is 1. The van der Waals surface area contributed by atoms with Crippen LogP contribution in [0.2, 0.25) is 10.0 Å². The van der Waals surface area contributed by atoms with Crippen molar-refractivity contribution in [3.63, 3.8) is 0 Å². The van der Waals surface area contributed by atoms with Gasteiger partial charge in [0.2, 0.25) is 5.91 Å². The molecule has 2 N–H and O–H groups in total. The molecule has 0 saturated heterocycles. The summed E-state index contributed by atoms with van der Waals surface area (Å²) in [5, 5.41) is 15.4. The van der Waals surface area contributed by atoms with Crippen LogP contribution in [-0.4, -0.2) is 17.0 Å². The summed E-state index contributed by atoms with van der Waals surface area (Å²) in [6, 6.07) is 12.5. The van der Waals surface area contributed by atoms with Crippen LogP contribution < -0.4 is 5.32 Å². The number of carboxylic acids is 1. The Morgan fingerprint density at radius 2 is 1.71 bits per heavy atom. The first-order valence-electron chi connectivity index (χ1n) is 8.20. The molecular weight excluding hydrogens is 485 g/mol. The number of benzene rings is 2. The fraction of sp³-hybridized carbons (Fsp3) is 0.100. The summed E-state index contributed by atoms with van der Waals surface area (Å²) in [6.07, 6.45) is 0.492. The smallest absolute Gasteiger partial charge is 0.339 e. The van der Waals surface area contributed by atoms with Crippen molar-refractivity contribution >= 4 is 67.3 Å². The van der Waals surface area contributed by atoms with Crippen LogP contribution in [0.3, 0.4) is 0 Å². The van der Waals surface area contributed by atoms with Crippen molar-refractivity contribution < 1.29 is 14.7 Å². The van der Waals surface area contributed by atoms with Crippen molar-refractivity contribution in [2.45, 2.75) is 12.8 Å². The van der Waals surface area contributed by atoms with E-state index in [-0.39, 0.29) is 17.9 Å². The molecule has 0 unspecified atom stereocenters. The van der Waals surface area contributed by atoms with Gasteiger partial charge in [-0.15, -0.1) is 11.3 Å². The second-order valence-corrected chi connectivity index (χ2v) is 8.52. The number of hydrogen-bond donors (Lipinski definition) is 2. The van der Waals surface area contributed by atoms with E-state index in [0.29, 0.717) is 32.6 Å². The van der Waals surface area contributed by atoms with E-state index in [1.165, 1.54) is 11.3 Å². The molecule has 1 heterocycles. The van der Waals surface area contributed by atoms with E-state index in [1.807, 2.05) is 24.3 Å². The summed E-state index contributed by atoms with van der Waals surface area (Å²) < 4.78 is 0.898. The zero-order valence-electron chi connectivity index (χ0n) is 14.3. The van der Waals surface area contributed by atoms with Crippen LogP contribution in [0.15, 0.2) is 52.3 Å². The van der Waals surface area contributed by atoms with Crippen LogP contribution in [0.5, 0.6) is 0 Å². The van der Waals surface area contributed by atoms with Gasteiger partial charge >= 0.3 is 5.97 Å². The predicted molar refractivity (Wildman–Crippen MR) is 118 cm³/mol. The number of aromatic carboxylic acids is 1. The van der Waals surface area contributed by atoms with Gasteiger partial charge in [-0.3, -0.25) is 4.79 Å². The summed E-state index contributed by atoms with van der Waals surface area (Å²) in [4.78, 5) is 24.2. The van der Waals surface area contributed by atoms with E-state index >= 15 is 0 Å². The van der Waals surface area contributed by atoms with Crippen molar-refractivity contribution in [1.82, 2.24) is 0 Å². The van der Waals surface area contributed by atoms with Crippen LogP contribution in [0.1, 0.15) is 22.3 Å². The van der Waals surface area contributed by atoms with Gasteiger partial charge in [0.05, 0.1) is 0 Å². The van der Waals surface area contributed by atoms with Crippen molar-refractivity contribution in [3.8, 4) is 11.1 Å². The third-order valence-electron chi connectivity index (χ3n) is 4.08. The van der Waals surface area contributed by atoms with Crippen molar-refractivity contribution in [2.24, 2.45) is 0 Å². The average molecular weight is 499 g/mol. The van der Waals surface area contributed by atoms with Gasteiger partial charge in [-0.1, -0.05) is 57.3 Å². The summed E-state index contributed by atoms with van der Waals surface area (Å²) >= 11 is 16.8. The van der Waals surface area contributed by atoms with E-state index in [9.17, 15) is 14.7 Å². The number of hydrogen-bond acceptors (Lipinski definition) is 3. The first kappa shape index (κ1) is 20.9. The molecule has 144 valence electrons. The third kappa shape index (κ3) is 4.75. The number of anilines is 1. The molecule has 3 rings (SSSR count). The average Bonchev–Trinajstić information content (AvgIpc) is 3.05. The first-order chi connectivity index (χ1) is 13.4. The van der Waals surface area contributed by atoms with Gasteiger partial charge in [-0.25, -0.2) is 4.79 Å². The Balaban J connectivity index is 1.77. The molecule has 0 aliphatic rings. The predicted octanol–water partition coefficient (Wildman–Crippen LogP) is 6.75. The normalized spacial score (nSPS) is 10.7. The zero-order chi connectivity index (χ0) is 20.3. The van der Waals surface area contributed by atoms with E-state index in [1.54, 1.807) is 23.6 Å². The van der Waals surface area contributed by atoms with E-state index < -0.39 is 5.97 Å². The molecule has 1 aromatic heterocycles. The zero-order valence-corrected chi connectivity index (χ0v) is 18.3. The maximum Gasteiger partial charge on any atom is 0.339 e. The summed E-state index contributed by atoms with van der Waals surface area (Å²) in [5.74, 6) is -1.40. The Labute approximate surface area is 184 Å². The second kappa shape index (κ2) is 9.09. The van der Waals surface area contributed by atoms with Crippen LogP contribution >= 0.6 is 50.5 Å². The number of thiophene rings is 1. The molecule has 28 heavy (non-hydrogen) atoms. The molecule has 0 aliphatic heterocycles. The van der Waals surface area contributed by atoms with Gasteiger partial charge in [-0.2, -0.15) is 0 Å². The molecule has 3 aromatic rings. The minimum absolute atomic E-state index is 0.0800. The van der Waals surface area contributed by atoms with Crippen molar-refractivity contribution in [2.75, 3.05) is 5.32 Å². The molecule has 2 aromatic carbocycles. The first-order valence-corrected chi connectivity index (χ1v) is 10.6. The van der Waals surface area contributed by atoms with Gasteiger partial charge in [-0.05, 0) is 41.8 Å². The topological polar surface area (TPSA) is 66.4 Å². The highest BCUT2D eigenvalue weighted by molar-refractivity contribution is 9.10. The highest BCUT2D eigenvalue weighted by atomic mass is 79.9. The molecule has 0 spiro atoms. The molecule has 0 fully saturated rings. The van der Waals surface area contributed by atoms with Crippen LogP contribution in [0.25, 0.3) is 11.1 Å². The molecule has 0 saturated carbocycles. The lowest BCUT2D eigenvalue weighted by Crippen LogP contribution is -2.14.